The fourth-order valence-corrected chi connectivity index (χ4v) is 6.54. The van der Waals surface area contributed by atoms with Gasteiger partial charge in [-0.1, -0.05) is 84.6 Å². The lowest BCUT2D eigenvalue weighted by Crippen LogP contribution is -2.27. The number of sulfonamides is 1. The van der Waals surface area contributed by atoms with Crippen molar-refractivity contribution in [2.75, 3.05) is 26.4 Å². The molecule has 1 N–H and O–H groups in total. The summed E-state index contributed by atoms with van der Waals surface area (Å²) in [5, 5.41) is 12.1. The first-order valence-corrected chi connectivity index (χ1v) is 16.4. The number of hydrogen-bond acceptors (Lipinski definition) is 6. The summed E-state index contributed by atoms with van der Waals surface area (Å²) in [5.74, 6) is 0.0188. The highest BCUT2D eigenvalue weighted by atomic mass is 32.2. The van der Waals surface area contributed by atoms with E-state index in [1.807, 2.05) is 36.4 Å². The van der Waals surface area contributed by atoms with E-state index >= 15 is 0 Å². The third-order valence-electron chi connectivity index (χ3n) is 7.08. The van der Waals surface area contributed by atoms with Crippen molar-refractivity contribution in [2.45, 2.75) is 22.4 Å². The van der Waals surface area contributed by atoms with Crippen LogP contribution in [0.25, 0.3) is 17.1 Å². The molecule has 44 heavy (non-hydrogen) atoms. The van der Waals surface area contributed by atoms with Crippen LogP contribution in [0.4, 0.5) is 4.39 Å². The van der Waals surface area contributed by atoms with Crippen molar-refractivity contribution in [1.29, 1.82) is 0 Å². The zero-order valence-electron chi connectivity index (χ0n) is 24.3. The molecule has 0 fully saturated rings. The van der Waals surface area contributed by atoms with Gasteiger partial charge in [-0.2, -0.15) is 0 Å². The molecule has 8 nitrogen and oxygen atoms in total. The summed E-state index contributed by atoms with van der Waals surface area (Å²) in [6.07, 6.45) is 0.729. The van der Waals surface area contributed by atoms with Crippen LogP contribution in [0.15, 0.2) is 119 Å². The molecule has 0 aliphatic rings. The number of thioether (sulfide) groups is 1. The number of aromatic nitrogens is 3. The number of amides is 1. The van der Waals surface area contributed by atoms with Gasteiger partial charge in [-0.25, -0.2) is 17.1 Å². The molecule has 5 aromatic rings. The second kappa shape index (κ2) is 14.0. The van der Waals surface area contributed by atoms with E-state index in [0.717, 1.165) is 10.7 Å². The van der Waals surface area contributed by atoms with Crippen LogP contribution in [0.1, 0.15) is 23.5 Å². The molecule has 5 rings (SSSR count). The molecule has 0 saturated heterocycles. The molecular formula is C33H32FN5O3S2. The van der Waals surface area contributed by atoms with E-state index < -0.39 is 15.8 Å². The van der Waals surface area contributed by atoms with Gasteiger partial charge in [0.25, 0.3) is 0 Å². The van der Waals surface area contributed by atoms with Gasteiger partial charge in [-0.3, -0.25) is 9.36 Å². The van der Waals surface area contributed by atoms with Crippen LogP contribution in [-0.4, -0.2) is 59.8 Å². The van der Waals surface area contributed by atoms with Gasteiger partial charge >= 0.3 is 0 Å². The number of carbonyl (C=O) groups is 1. The lowest BCUT2D eigenvalue weighted by atomic mass is 9.88. The molecule has 0 bridgehead atoms. The van der Waals surface area contributed by atoms with Gasteiger partial charge in [0, 0.05) is 37.8 Å². The second-order valence-corrected chi connectivity index (χ2v) is 13.3. The number of carbonyl (C=O) groups excluding carboxylic acids is 1. The van der Waals surface area contributed by atoms with Gasteiger partial charge in [-0.15, -0.1) is 10.2 Å². The van der Waals surface area contributed by atoms with Crippen LogP contribution in [0.5, 0.6) is 0 Å². The van der Waals surface area contributed by atoms with Gasteiger partial charge in [0.15, 0.2) is 11.0 Å². The molecule has 0 saturated carbocycles. The van der Waals surface area contributed by atoms with Gasteiger partial charge < -0.3 is 5.32 Å². The highest BCUT2D eigenvalue weighted by Gasteiger charge is 2.22. The fraction of sp³-hybridized carbons (Fsp3) is 0.182. The van der Waals surface area contributed by atoms with Crippen LogP contribution in [-0.2, 0) is 14.8 Å². The highest BCUT2D eigenvalue weighted by Crippen LogP contribution is 2.30. The van der Waals surface area contributed by atoms with Crippen molar-refractivity contribution >= 4 is 27.7 Å². The molecule has 0 aliphatic carbocycles. The minimum absolute atomic E-state index is 0.0791. The fourth-order valence-electron chi connectivity index (χ4n) is 4.81. The highest BCUT2D eigenvalue weighted by molar-refractivity contribution is 7.99. The van der Waals surface area contributed by atoms with Gasteiger partial charge in [0.2, 0.25) is 15.9 Å². The van der Waals surface area contributed by atoms with E-state index in [4.69, 9.17) is 0 Å². The maximum Gasteiger partial charge on any atom is 0.242 e. The van der Waals surface area contributed by atoms with Crippen LogP contribution < -0.4 is 5.32 Å². The standard InChI is InChI=1S/C33H32FN5O3S2/c1-38(2)44(41,42)29-15-9-14-26(22-29)32-36-37-33(39(32)28-18-16-27(34)17-19-28)43-23-31(40)35-21-20-30(24-10-5-3-6-11-24)25-12-7-4-8-13-25/h3-19,22,30H,20-21,23H2,1-2H3,(H,35,40). The Morgan fingerprint density at radius 3 is 2.14 bits per heavy atom. The van der Waals surface area contributed by atoms with Gasteiger partial charge in [-0.05, 0) is 53.9 Å². The van der Waals surface area contributed by atoms with Crippen molar-refractivity contribution in [2.24, 2.45) is 0 Å². The molecule has 4 aromatic carbocycles. The average Bonchev–Trinajstić information content (AvgIpc) is 3.47. The van der Waals surface area contributed by atoms with Gasteiger partial charge in [0.1, 0.15) is 5.82 Å². The summed E-state index contributed by atoms with van der Waals surface area (Å²) >= 11 is 1.19. The van der Waals surface area contributed by atoms with Crippen LogP contribution in [0.2, 0.25) is 0 Å². The average molecular weight is 630 g/mol. The lowest BCUT2D eigenvalue weighted by Gasteiger charge is -2.18. The Morgan fingerprint density at radius 1 is 0.886 bits per heavy atom. The first-order chi connectivity index (χ1) is 21.2. The normalized spacial score (nSPS) is 11.7. The van der Waals surface area contributed by atoms with E-state index in [1.165, 1.54) is 61.2 Å². The predicted molar refractivity (Wildman–Crippen MR) is 171 cm³/mol. The molecule has 0 spiro atoms. The van der Waals surface area contributed by atoms with Crippen molar-refractivity contribution in [3.63, 3.8) is 0 Å². The minimum atomic E-state index is -3.69. The zero-order chi connectivity index (χ0) is 31.1. The van der Waals surface area contributed by atoms with E-state index in [2.05, 4.69) is 39.8 Å². The summed E-state index contributed by atoms with van der Waals surface area (Å²) in [5.41, 5.74) is 3.45. The first-order valence-electron chi connectivity index (χ1n) is 14.0. The summed E-state index contributed by atoms with van der Waals surface area (Å²) in [7, 11) is -0.759. The second-order valence-electron chi connectivity index (χ2n) is 10.2. The predicted octanol–water partition coefficient (Wildman–Crippen LogP) is 5.75. The third kappa shape index (κ3) is 7.24. The van der Waals surface area contributed by atoms with E-state index in [1.54, 1.807) is 28.8 Å². The number of nitrogens with one attached hydrogen (secondary N) is 1. The van der Waals surface area contributed by atoms with Crippen LogP contribution >= 0.6 is 11.8 Å². The van der Waals surface area contributed by atoms with E-state index in [9.17, 15) is 17.6 Å². The molecule has 226 valence electrons. The van der Waals surface area contributed by atoms with E-state index in [-0.39, 0.29) is 22.5 Å². The van der Waals surface area contributed by atoms with Crippen molar-refractivity contribution in [3.05, 3.63) is 126 Å². The maximum absolute atomic E-state index is 13.8. The zero-order valence-corrected chi connectivity index (χ0v) is 25.9. The Kier molecular flexibility index (Phi) is 9.89. The Balaban J connectivity index is 1.33. The van der Waals surface area contributed by atoms with E-state index in [0.29, 0.717) is 28.8 Å². The van der Waals surface area contributed by atoms with Crippen molar-refractivity contribution in [1.82, 2.24) is 24.4 Å². The number of hydrogen-bond donors (Lipinski definition) is 1. The first kappa shape index (κ1) is 31.1. The molecule has 11 heteroatoms. The molecule has 0 unspecified atom stereocenters. The quantitative estimate of drug-likeness (QED) is 0.177. The van der Waals surface area contributed by atoms with Crippen LogP contribution in [0, 0.1) is 5.82 Å². The van der Waals surface area contributed by atoms with Crippen molar-refractivity contribution in [3.8, 4) is 17.1 Å². The number of halogens is 1. The van der Waals surface area contributed by atoms with Gasteiger partial charge in [0.05, 0.1) is 10.6 Å². The molecule has 1 amide bonds. The minimum Gasteiger partial charge on any atom is -0.355 e. The lowest BCUT2D eigenvalue weighted by molar-refractivity contribution is -0.118. The topological polar surface area (TPSA) is 97.2 Å². The summed E-state index contributed by atoms with van der Waals surface area (Å²) in [4.78, 5) is 13.1. The molecule has 0 aliphatic heterocycles. The van der Waals surface area contributed by atoms with Crippen LogP contribution in [0.3, 0.4) is 0 Å². The summed E-state index contributed by atoms with van der Waals surface area (Å²) in [6, 6.07) is 32.7. The summed E-state index contributed by atoms with van der Waals surface area (Å²) < 4.78 is 42.2. The Bertz CT molecular complexity index is 1770. The largest absolute Gasteiger partial charge is 0.355 e. The third-order valence-corrected chi connectivity index (χ3v) is 9.82. The molecule has 1 aromatic heterocycles. The molecular weight excluding hydrogens is 598 g/mol. The molecule has 0 radical (unpaired) electrons. The number of rotatable bonds is 12. The Hall–Kier alpha value is -4.32. The molecule has 1 heterocycles. The Labute approximate surface area is 261 Å². The molecule has 0 atom stereocenters. The smallest absolute Gasteiger partial charge is 0.242 e. The number of benzene rings is 4. The summed E-state index contributed by atoms with van der Waals surface area (Å²) in [6.45, 7) is 0.483. The Morgan fingerprint density at radius 2 is 1.52 bits per heavy atom. The SMILES string of the molecule is CN(C)S(=O)(=O)c1cccc(-c2nnc(SCC(=O)NCCC(c3ccccc3)c3ccccc3)n2-c2ccc(F)cc2)c1. The van der Waals surface area contributed by atoms with Crippen molar-refractivity contribution < 1.29 is 17.6 Å². The number of nitrogens with zero attached hydrogens (tertiary/aromatic N) is 4. The maximum atomic E-state index is 13.8. The monoisotopic (exact) mass is 629 g/mol.